The SMILES string of the molecule is CC1(C)CC(=O)C2=C(C1)Nc1nc(SCc3ccc(CSc4nc5c(c(=O)[nH]4)C(c4ccc(Cl)cc4)C4=C(CC(C)(C)CC4=O)N5)cc3)[nH]c(=O)c1C2c1ccc(Cl)cc1. The van der Waals surface area contributed by atoms with Gasteiger partial charge in [-0.15, -0.1) is 0 Å². The van der Waals surface area contributed by atoms with Crippen LogP contribution in [0.25, 0.3) is 0 Å². The zero-order chi connectivity index (χ0) is 42.1. The molecule has 2 unspecified atom stereocenters. The van der Waals surface area contributed by atoms with E-state index in [4.69, 9.17) is 33.2 Å². The number of nitrogens with one attached hydrogen (secondary N) is 4. The number of aromatic amines is 2. The smallest absolute Gasteiger partial charge is 0.257 e. The number of hydrogen-bond donors (Lipinski definition) is 4. The molecular formula is C46H42Cl2N6O4S2. The van der Waals surface area contributed by atoms with Crippen molar-refractivity contribution in [3.05, 3.63) is 159 Å². The largest absolute Gasteiger partial charge is 0.343 e. The number of allylic oxidation sites excluding steroid dienone is 4. The minimum atomic E-state index is -0.546. The summed E-state index contributed by atoms with van der Waals surface area (Å²) in [6.07, 6.45) is 2.14. The number of carbonyl (C=O) groups excluding carboxylic acids is 2. The van der Waals surface area contributed by atoms with E-state index in [1.54, 1.807) is 24.3 Å². The molecule has 0 radical (unpaired) electrons. The van der Waals surface area contributed by atoms with Gasteiger partial charge in [0.1, 0.15) is 11.6 Å². The fraction of sp³-hybridized carbons (Fsp3) is 0.304. The third kappa shape index (κ3) is 7.90. The standard InChI is InChI=1S/C46H42Cl2N6O4S2/c1-45(2)17-29-35(31(55)19-45)33(25-9-13-27(47)14-10-25)37-39(49-29)51-43(53-41(37)57)59-21-23-5-7-24(8-6-23)22-60-44-52-40-38(42(58)54-44)34(26-11-15-28(48)16-12-26)36-30(50-40)18-46(3,4)20-32(36)56/h5-16,33-34H,17-22H2,1-4H3,(H2,49,51,53,57)(H2,50,52,54,58). The number of ketones is 2. The van der Waals surface area contributed by atoms with Gasteiger partial charge in [0.15, 0.2) is 21.9 Å². The van der Waals surface area contributed by atoms with Crippen LogP contribution in [-0.4, -0.2) is 31.5 Å². The first-order valence-corrected chi connectivity index (χ1v) is 22.5. The molecule has 0 amide bonds. The van der Waals surface area contributed by atoms with Crippen molar-refractivity contribution >= 4 is 69.9 Å². The van der Waals surface area contributed by atoms with Crippen LogP contribution < -0.4 is 21.8 Å². The van der Waals surface area contributed by atoms with E-state index in [1.807, 2.05) is 48.5 Å². The molecule has 0 saturated carbocycles. The molecule has 9 rings (SSSR count). The highest BCUT2D eigenvalue weighted by atomic mass is 35.5. The molecule has 10 nitrogen and oxygen atoms in total. The Hall–Kier alpha value is -4.88. The highest BCUT2D eigenvalue weighted by Crippen LogP contribution is 2.49. The van der Waals surface area contributed by atoms with Crippen molar-refractivity contribution in [2.75, 3.05) is 10.6 Å². The molecule has 14 heteroatoms. The van der Waals surface area contributed by atoms with Crippen LogP contribution in [0, 0.1) is 10.8 Å². The predicted octanol–water partition coefficient (Wildman–Crippen LogP) is 10.1. The molecule has 2 aliphatic heterocycles. The van der Waals surface area contributed by atoms with Crippen LogP contribution in [0.15, 0.2) is 115 Å². The number of Topliss-reactive ketones (excluding diaryl/α,β-unsaturated/α-hetero) is 2. The van der Waals surface area contributed by atoms with Crippen molar-refractivity contribution in [2.24, 2.45) is 10.8 Å². The summed E-state index contributed by atoms with van der Waals surface area (Å²) in [6, 6.07) is 22.8. The molecule has 5 aromatic rings. The number of anilines is 2. The zero-order valence-corrected chi connectivity index (χ0v) is 36.6. The molecule has 0 spiro atoms. The van der Waals surface area contributed by atoms with Gasteiger partial charge >= 0.3 is 0 Å². The molecule has 3 aromatic carbocycles. The molecule has 4 heterocycles. The number of hydrogen-bond acceptors (Lipinski definition) is 10. The van der Waals surface area contributed by atoms with Crippen LogP contribution >= 0.6 is 46.7 Å². The monoisotopic (exact) mass is 876 g/mol. The number of benzene rings is 3. The van der Waals surface area contributed by atoms with Crippen LogP contribution in [0.3, 0.4) is 0 Å². The molecule has 2 aromatic heterocycles. The van der Waals surface area contributed by atoms with Gasteiger partial charge in [0, 0.05) is 68.8 Å². The van der Waals surface area contributed by atoms with Gasteiger partial charge in [-0.2, -0.15) is 0 Å². The van der Waals surface area contributed by atoms with Crippen LogP contribution in [0.4, 0.5) is 11.6 Å². The zero-order valence-electron chi connectivity index (χ0n) is 33.4. The number of halogens is 2. The number of fused-ring (bicyclic) bond motifs is 2. The van der Waals surface area contributed by atoms with Gasteiger partial charge in [-0.1, -0.05) is 123 Å². The van der Waals surface area contributed by atoms with Crippen molar-refractivity contribution in [3.8, 4) is 0 Å². The van der Waals surface area contributed by atoms with Crippen LogP contribution in [0.1, 0.15) is 98.6 Å². The lowest BCUT2D eigenvalue weighted by atomic mass is 9.69. The molecule has 4 N–H and O–H groups in total. The van der Waals surface area contributed by atoms with Crippen LogP contribution in [0.5, 0.6) is 0 Å². The predicted molar refractivity (Wildman–Crippen MR) is 239 cm³/mol. The van der Waals surface area contributed by atoms with Crippen molar-refractivity contribution in [3.63, 3.8) is 0 Å². The first-order valence-electron chi connectivity index (χ1n) is 19.8. The van der Waals surface area contributed by atoms with Crippen molar-refractivity contribution in [2.45, 2.75) is 87.0 Å². The summed E-state index contributed by atoms with van der Waals surface area (Å²) in [5.41, 5.74) is 6.43. The van der Waals surface area contributed by atoms with Gasteiger partial charge in [-0.25, -0.2) is 9.97 Å². The first-order chi connectivity index (χ1) is 28.6. The second-order valence-electron chi connectivity index (χ2n) is 17.5. The van der Waals surface area contributed by atoms with E-state index < -0.39 is 11.8 Å². The maximum Gasteiger partial charge on any atom is 0.257 e. The Morgan fingerprint density at radius 2 is 0.933 bits per heavy atom. The number of thioether (sulfide) groups is 2. The van der Waals surface area contributed by atoms with E-state index >= 15 is 0 Å². The Labute approximate surface area is 365 Å². The van der Waals surface area contributed by atoms with Crippen molar-refractivity contribution in [1.29, 1.82) is 0 Å². The summed E-state index contributed by atoms with van der Waals surface area (Å²) in [7, 11) is 0. The highest BCUT2D eigenvalue weighted by molar-refractivity contribution is 7.98. The van der Waals surface area contributed by atoms with Gasteiger partial charge in [0.25, 0.3) is 11.1 Å². The molecule has 0 fully saturated rings. The van der Waals surface area contributed by atoms with Gasteiger partial charge in [0.05, 0.1) is 11.1 Å². The number of H-pyrrole nitrogens is 2. The molecule has 0 bridgehead atoms. The summed E-state index contributed by atoms with van der Waals surface area (Å²) in [5, 5.41) is 8.90. The maximum absolute atomic E-state index is 13.8. The molecule has 0 saturated heterocycles. The van der Waals surface area contributed by atoms with Gasteiger partial charge < -0.3 is 20.6 Å². The van der Waals surface area contributed by atoms with Gasteiger partial charge in [-0.3, -0.25) is 19.2 Å². The first kappa shape index (κ1) is 40.5. The average molecular weight is 878 g/mol. The topological polar surface area (TPSA) is 150 Å². The number of carbonyl (C=O) groups is 2. The van der Waals surface area contributed by atoms with E-state index in [0.29, 0.717) is 91.5 Å². The Morgan fingerprint density at radius 1 is 0.567 bits per heavy atom. The third-order valence-electron chi connectivity index (χ3n) is 11.6. The second kappa shape index (κ2) is 15.5. The normalized spacial score (nSPS) is 20.1. The minimum absolute atomic E-state index is 0.0326. The summed E-state index contributed by atoms with van der Waals surface area (Å²) in [4.78, 5) is 70.5. The fourth-order valence-electron chi connectivity index (χ4n) is 8.94. The van der Waals surface area contributed by atoms with Crippen LogP contribution in [0.2, 0.25) is 10.0 Å². The summed E-state index contributed by atoms with van der Waals surface area (Å²) < 4.78 is 0. The summed E-state index contributed by atoms with van der Waals surface area (Å²) >= 11 is 15.3. The Balaban J connectivity index is 0.908. The average Bonchev–Trinajstić information content (AvgIpc) is 3.18. The van der Waals surface area contributed by atoms with Crippen molar-refractivity contribution in [1.82, 2.24) is 19.9 Å². The molecule has 4 aliphatic rings. The molecule has 60 heavy (non-hydrogen) atoms. The molecule has 2 atom stereocenters. The van der Waals surface area contributed by atoms with Gasteiger partial charge in [0.2, 0.25) is 0 Å². The highest BCUT2D eigenvalue weighted by Gasteiger charge is 2.44. The van der Waals surface area contributed by atoms with Gasteiger partial charge in [-0.05, 0) is 70.2 Å². The summed E-state index contributed by atoms with van der Waals surface area (Å²) in [6.45, 7) is 8.32. The third-order valence-corrected chi connectivity index (χ3v) is 14.0. The fourth-order valence-corrected chi connectivity index (χ4v) is 10.8. The summed E-state index contributed by atoms with van der Waals surface area (Å²) in [5.74, 6) is 1.03. The number of aromatic nitrogens is 4. The van der Waals surface area contributed by atoms with Crippen LogP contribution in [-0.2, 0) is 21.1 Å². The number of nitrogens with zero attached hydrogens (tertiary/aromatic N) is 2. The minimum Gasteiger partial charge on any atom is -0.343 e. The van der Waals surface area contributed by atoms with Crippen molar-refractivity contribution < 1.29 is 9.59 Å². The number of rotatable bonds is 8. The lowest BCUT2D eigenvalue weighted by Crippen LogP contribution is -2.37. The molecular weight excluding hydrogens is 836 g/mol. The van der Waals surface area contributed by atoms with E-state index in [1.165, 1.54) is 23.5 Å². The quantitative estimate of drug-likeness (QED) is 0.0877. The lowest BCUT2D eigenvalue weighted by molar-refractivity contribution is -0.119. The van der Waals surface area contributed by atoms with E-state index in [0.717, 1.165) is 33.6 Å². The van der Waals surface area contributed by atoms with E-state index in [2.05, 4.69) is 48.3 Å². The molecule has 306 valence electrons. The maximum atomic E-state index is 13.8. The molecule has 2 aliphatic carbocycles. The Bertz CT molecular complexity index is 2590. The second-order valence-corrected chi connectivity index (χ2v) is 20.3. The lowest BCUT2D eigenvalue weighted by Gasteiger charge is -2.38. The van der Waals surface area contributed by atoms with E-state index in [9.17, 15) is 19.2 Å². The Morgan fingerprint density at radius 3 is 1.30 bits per heavy atom. The Kier molecular flexibility index (Phi) is 10.5. The van der Waals surface area contributed by atoms with E-state index in [-0.39, 0.29) is 33.5 Å².